The number of hydrogen-bond donors (Lipinski definition) is 1. The zero-order chi connectivity index (χ0) is 19.0. The van der Waals surface area contributed by atoms with E-state index in [9.17, 15) is 9.59 Å². The van der Waals surface area contributed by atoms with E-state index in [-0.39, 0.29) is 18.4 Å². The number of fused-ring (bicyclic) bond motifs is 1. The van der Waals surface area contributed by atoms with E-state index in [0.717, 1.165) is 25.9 Å². The van der Waals surface area contributed by atoms with Crippen LogP contribution in [0.2, 0.25) is 0 Å². The van der Waals surface area contributed by atoms with Crippen molar-refractivity contribution < 1.29 is 14.0 Å². The second-order valence-corrected chi connectivity index (χ2v) is 6.71. The van der Waals surface area contributed by atoms with E-state index in [1.807, 2.05) is 6.92 Å². The fourth-order valence-electron chi connectivity index (χ4n) is 3.50. The highest BCUT2D eigenvalue weighted by Crippen LogP contribution is 2.27. The fourth-order valence-corrected chi connectivity index (χ4v) is 3.50. The van der Waals surface area contributed by atoms with Gasteiger partial charge in [-0.2, -0.15) is 5.10 Å². The molecule has 1 saturated heterocycles. The maximum Gasteiger partial charge on any atom is 0.252 e. The van der Waals surface area contributed by atoms with Gasteiger partial charge in [-0.1, -0.05) is 0 Å². The lowest BCUT2D eigenvalue weighted by atomic mass is 10.1. The van der Waals surface area contributed by atoms with Crippen LogP contribution in [-0.4, -0.2) is 51.1 Å². The van der Waals surface area contributed by atoms with Crippen LogP contribution in [0.5, 0.6) is 0 Å². The quantitative estimate of drug-likeness (QED) is 0.760. The predicted molar refractivity (Wildman–Crippen MR) is 99.1 cm³/mol. The van der Waals surface area contributed by atoms with Crippen molar-refractivity contribution in [3.05, 3.63) is 35.7 Å². The summed E-state index contributed by atoms with van der Waals surface area (Å²) in [5.74, 6) is 0.192. The van der Waals surface area contributed by atoms with Gasteiger partial charge in [0.05, 0.1) is 29.5 Å². The molecule has 0 spiro atoms. The van der Waals surface area contributed by atoms with Crippen LogP contribution in [0.15, 0.2) is 28.9 Å². The van der Waals surface area contributed by atoms with E-state index >= 15 is 0 Å². The molecule has 4 rings (SSSR count). The third kappa shape index (κ3) is 3.18. The van der Waals surface area contributed by atoms with E-state index in [4.69, 9.17) is 4.42 Å². The van der Waals surface area contributed by atoms with Crippen molar-refractivity contribution in [2.45, 2.75) is 19.8 Å². The van der Waals surface area contributed by atoms with Gasteiger partial charge in [0.2, 0.25) is 5.91 Å². The zero-order valence-electron chi connectivity index (χ0n) is 15.4. The number of carbonyl (C=O) groups excluding carboxylic acids is 2. The first kappa shape index (κ1) is 17.3. The predicted octanol–water partition coefficient (Wildman–Crippen LogP) is 1.89. The standard InChI is InChI=1S/C19H21N5O3/c1-12-17-13(19(26)20-11-16(25)24-7-3-4-8-24)10-14(15-6-5-9-27-15)21-18(17)23(2)22-12/h5-6,9-10H,3-4,7-8,11H2,1-2H3,(H,20,26). The Kier molecular flexibility index (Phi) is 4.39. The Labute approximate surface area is 156 Å². The van der Waals surface area contributed by atoms with Gasteiger partial charge in [-0.05, 0) is 38.0 Å². The van der Waals surface area contributed by atoms with Crippen molar-refractivity contribution in [2.24, 2.45) is 7.05 Å². The van der Waals surface area contributed by atoms with Crippen molar-refractivity contribution >= 4 is 22.8 Å². The fraction of sp³-hybridized carbons (Fsp3) is 0.368. The van der Waals surface area contributed by atoms with E-state index in [1.54, 1.807) is 41.1 Å². The third-order valence-electron chi connectivity index (χ3n) is 4.85. The number of rotatable bonds is 4. The summed E-state index contributed by atoms with van der Waals surface area (Å²) in [6.07, 6.45) is 3.60. The molecular weight excluding hydrogens is 346 g/mol. The van der Waals surface area contributed by atoms with Crippen LogP contribution < -0.4 is 5.32 Å². The SMILES string of the molecule is Cc1nn(C)c2nc(-c3ccco3)cc(C(=O)NCC(=O)N3CCCC3)c12. The molecule has 0 aliphatic carbocycles. The average molecular weight is 367 g/mol. The average Bonchev–Trinajstić information content (AvgIpc) is 3.41. The largest absolute Gasteiger partial charge is 0.463 e. The van der Waals surface area contributed by atoms with Gasteiger partial charge in [0.1, 0.15) is 5.69 Å². The van der Waals surface area contributed by atoms with Gasteiger partial charge in [-0.15, -0.1) is 0 Å². The Morgan fingerprint density at radius 1 is 1.30 bits per heavy atom. The monoisotopic (exact) mass is 367 g/mol. The first-order valence-corrected chi connectivity index (χ1v) is 8.99. The third-order valence-corrected chi connectivity index (χ3v) is 4.85. The number of pyridine rings is 1. The molecule has 3 aromatic rings. The number of furan rings is 1. The van der Waals surface area contributed by atoms with Gasteiger partial charge >= 0.3 is 0 Å². The molecule has 1 fully saturated rings. The molecule has 0 unspecified atom stereocenters. The second kappa shape index (κ2) is 6.86. The Balaban J connectivity index is 1.66. The topological polar surface area (TPSA) is 93.3 Å². The molecule has 1 N–H and O–H groups in total. The van der Waals surface area contributed by atoms with Crippen molar-refractivity contribution in [3.8, 4) is 11.5 Å². The Morgan fingerprint density at radius 2 is 2.07 bits per heavy atom. The van der Waals surface area contributed by atoms with Gasteiger partial charge in [0.15, 0.2) is 11.4 Å². The summed E-state index contributed by atoms with van der Waals surface area (Å²) in [4.78, 5) is 31.5. The summed E-state index contributed by atoms with van der Waals surface area (Å²) < 4.78 is 7.07. The second-order valence-electron chi connectivity index (χ2n) is 6.71. The molecule has 0 bridgehead atoms. The van der Waals surface area contributed by atoms with Gasteiger partial charge in [-0.25, -0.2) is 4.98 Å². The summed E-state index contributed by atoms with van der Waals surface area (Å²) in [5.41, 5.74) is 2.29. The molecule has 0 radical (unpaired) electrons. The van der Waals surface area contributed by atoms with Gasteiger partial charge in [0, 0.05) is 20.1 Å². The lowest BCUT2D eigenvalue weighted by Crippen LogP contribution is -2.38. The molecule has 8 heteroatoms. The van der Waals surface area contributed by atoms with Crippen LogP contribution in [0, 0.1) is 6.92 Å². The summed E-state index contributed by atoms with van der Waals surface area (Å²) in [6.45, 7) is 3.35. The van der Waals surface area contributed by atoms with Crippen molar-refractivity contribution in [3.63, 3.8) is 0 Å². The summed E-state index contributed by atoms with van der Waals surface area (Å²) in [7, 11) is 1.78. The van der Waals surface area contributed by atoms with Crippen LogP contribution in [0.1, 0.15) is 28.9 Å². The number of hydrogen-bond acceptors (Lipinski definition) is 5. The molecule has 1 aliphatic rings. The first-order valence-electron chi connectivity index (χ1n) is 8.99. The molecular formula is C19H21N5O3. The highest BCUT2D eigenvalue weighted by molar-refractivity contribution is 6.08. The van der Waals surface area contributed by atoms with Crippen LogP contribution in [0.4, 0.5) is 0 Å². The number of amides is 2. The Morgan fingerprint density at radius 3 is 2.78 bits per heavy atom. The molecule has 0 aromatic carbocycles. The number of nitrogens with zero attached hydrogens (tertiary/aromatic N) is 4. The van der Waals surface area contributed by atoms with Crippen molar-refractivity contribution in [1.29, 1.82) is 0 Å². The molecule has 27 heavy (non-hydrogen) atoms. The Hall–Kier alpha value is -3.16. The van der Waals surface area contributed by atoms with Gasteiger partial charge < -0.3 is 14.6 Å². The maximum atomic E-state index is 12.9. The zero-order valence-corrected chi connectivity index (χ0v) is 15.4. The molecule has 8 nitrogen and oxygen atoms in total. The molecule has 140 valence electrons. The Bertz CT molecular complexity index is 1000. The number of aryl methyl sites for hydroxylation is 2. The molecule has 2 amide bonds. The van der Waals surface area contributed by atoms with E-state index < -0.39 is 0 Å². The number of carbonyl (C=O) groups is 2. The van der Waals surface area contributed by atoms with Crippen LogP contribution >= 0.6 is 0 Å². The number of likely N-dealkylation sites (tertiary alicyclic amines) is 1. The van der Waals surface area contributed by atoms with Gasteiger partial charge in [0.25, 0.3) is 5.91 Å². The van der Waals surface area contributed by atoms with Crippen LogP contribution in [-0.2, 0) is 11.8 Å². The minimum atomic E-state index is -0.321. The lowest BCUT2D eigenvalue weighted by molar-refractivity contribution is -0.129. The normalized spacial score (nSPS) is 14.1. The molecule has 4 heterocycles. The highest BCUT2D eigenvalue weighted by Gasteiger charge is 2.22. The summed E-state index contributed by atoms with van der Waals surface area (Å²) in [5, 5.41) is 7.81. The summed E-state index contributed by atoms with van der Waals surface area (Å²) >= 11 is 0. The van der Waals surface area contributed by atoms with E-state index in [2.05, 4.69) is 15.4 Å². The van der Waals surface area contributed by atoms with Crippen molar-refractivity contribution in [1.82, 2.24) is 25.0 Å². The van der Waals surface area contributed by atoms with Crippen LogP contribution in [0.3, 0.4) is 0 Å². The number of aromatic nitrogens is 3. The number of nitrogens with one attached hydrogen (secondary N) is 1. The molecule has 3 aromatic heterocycles. The van der Waals surface area contributed by atoms with Crippen LogP contribution in [0.25, 0.3) is 22.5 Å². The smallest absolute Gasteiger partial charge is 0.252 e. The molecule has 0 atom stereocenters. The molecule has 1 aliphatic heterocycles. The minimum absolute atomic E-state index is 0.0158. The van der Waals surface area contributed by atoms with E-state index in [0.29, 0.717) is 33.7 Å². The first-order chi connectivity index (χ1) is 13.0. The maximum absolute atomic E-state index is 12.9. The van der Waals surface area contributed by atoms with Gasteiger partial charge in [-0.3, -0.25) is 14.3 Å². The lowest BCUT2D eigenvalue weighted by Gasteiger charge is -2.15. The highest BCUT2D eigenvalue weighted by atomic mass is 16.3. The van der Waals surface area contributed by atoms with E-state index in [1.165, 1.54) is 0 Å². The molecule has 0 saturated carbocycles. The van der Waals surface area contributed by atoms with Crippen molar-refractivity contribution in [2.75, 3.05) is 19.6 Å². The minimum Gasteiger partial charge on any atom is -0.463 e. The summed E-state index contributed by atoms with van der Waals surface area (Å²) in [6, 6.07) is 5.24.